The zero-order valence-corrected chi connectivity index (χ0v) is 8.77. The second-order valence-electron chi connectivity index (χ2n) is 1.99. The van der Waals surface area contributed by atoms with Crippen molar-refractivity contribution in [2.24, 2.45) is 0 Å². The number of halogens is 3. The first kappa shape index (κ1) is 16.2. The molecule has 4 nitrogen and oxygen atoms in total. The fourth-order valence-electron chi connectivity index (χ4n) is 0.465. The zero-order valence-electron chi connectivity index (χ0n) is 8.77. The van der Waals surface area contributed by atoms with Crippen LogP contribution in [0.15, 0.2) is 0 Å². The molecule has 7 heteroatoms. The number of rotatable bonds is 3. The average Bonchev–Trinajstić information content (AvgIpc) is 2.16. The summed E-state index contributed by atoms with van der Waals surface area (Å²) in [7, 11) is 0. The van der Waals surface area contributed by atoms with Crippen molar-refractivity contribution >= 4 is 11.9 Å². The summed E-state index contributed by atoms with van der Waals surface area (Å²) in [6.45, 7) is 4.79. The van der Waals surface area contributed by atoms with Gasteiger partial charge < -0.3 is 10.1 Å². The largest absolute Gasteiger partial charge is 0.471 e. The van der Waals surface area contributed by atoms with E-state index >= 15 is 0 Å². The summed E-state index contributed by atoms with van der Waals surface area (Å²) >= 11 is 0. The van der Waals surface area contributed by atoms with Gasteiger partial charge in [0.05, 0.1) is 6.61 Å². The van der Waals surface area contributed by atoms with E-state index in [1.165, 1.54) is 12.2 Å². The van der Waals surface area contributed by atoms with E-state index in [1.807, 2.05) is 13.8 Å². The predicted octanol–water partition coefficient (Wildman–Crippen LogP) is 1.25. The van der Waals surface area contributed by atoms with Crippen molar-refractivity contribution in [2.75, 3.05) is 13.2 Å². The van der Waals surface area contributed by atoms with Crippen LogP contribution < -0.4 is 5.32 Å². The molecule has 0 aromatic rings. The monoisotopic (exact) mass is 229 g/mol. The van der Waals surface area contributed by atoms with E-state index < -0.39 is 24.6 Å². The number of carbonyl (C=O) groups is 2. The number of amides is 1. The van der Waals surface area contributed by atoms with Gasteiger partial charge in [0.1, 0.15) is 6.54 Å². The third-order valence-electron chi connectivity index (χ3n) is 0.956. The van der Waals surface area contributed by atoms with E-state index in [9.17, 15) is 22.8 Å². The van der Waals surface area contributed by atoms with Gasteiger partial charge in [0.2, 0.25) is 0 Å². The fraction of sp³-hybridized carbons (Fsp3) is 0.750. The molecule has 1 N–H and O–H groups in total. The van der Waals surface area contributed by atoms with Crippen LogP contribution in [0.3, 0.4) is 0 Å². The lowest BCUT2D eigenvalue weighted by Crippen LogP contribution is -2.40. The number of esters is 1. The first-order valence-corrected chi connectivity index (χ1v) is 4.38. The Labute approximate surface area is 85.8 Å². The summed E-state index contributed by atoms with van der Waals surface area (Å²) in [4.78, 5) is 20.6. The minimum absolute atomic E-state index is 0.0563. The Morgan fingerprint density at radius 1 is 1.27 bits per heavy atom. The molecule has 0 aromatic carbocycles. The number of alkyl halides is 3. The lowest BCUT2D eigenvalue weighted by molar-refractivity contribution is -0.174. The number of nitrogens with one attached hydrogen (secondary N) is 1. The highest BCUT2D eigenvalue weighted by atomic mass is 19.4. The van der Waals surface area contributed by atoms with Gasteiger partial charge in [-0.2, -0.15) is 13.2 Å². The predicted molar refractivity (Wildman–Crippen MR) is 47.0 cm³/mol. The summed E-state index contributed by atoms with van der Waals surface area (Å²) < 4.78 is 38.8. The number of hydrogen-bond donors (Lipinski definition) is 1. The summed E-state index contributed by atoms with van der Waals surface area (Å²) in [6, 6.07) is 0. The Morgan fingerprint density at radius 3 is 2.07 bits per heavy atom. The van der Waals surface area contributed by atoms with Crippen molar-refractivity contribution in [1.82, 2.24) is 5.32 Å². The summed E-state index contributed by atoms with van der Waals surface area (Å²) in [6.07, 6.45) is -4.97. The molecule has 0 atom stereocenters. The summed E-state index contributed by atoms with van der Waals surface area (Å²) in [5, 5.41) is 1.37. The Hall–Kier alpha value is -1.27. The molecule has 0 spiro atoms. The van der Waals surface area contributed by atoms with Gasteiger partial charge in [-0.3, -0.25) is 9.59 Å². The van der Waals surface area contributed by atoms with E-state index in [1.54, 1.807) is 0 Å². The van der Waals surface area contributed by atoms with Crippen LogP contribution in [0.5, 0.6) is 0 Å². The van der Waals surface area contributed by atoms with Crippen LogP contribution >= 0.6 is 0 Å². The first-order valence-electron chi connectivity index (χ1n) is 4.38. The topological polar surface area (TPSA) is 55.4 Å². The average molecular weight is 229 g/mol. The quantitative estimate of drug-likeness (QED) is 0.741. The molecule has 0 fully saturated rings. The molecule has 15 heavy (non-hydrogen) atoms. The molecule has 0 aliphatic rings. The number of carbonyl (C=O) groups excluding carboxylic acids is 2. The van der Waals surface area contributed by atoms with Crippen molar-refractivity contribution in [3.8, 4) is 0 Å². The third-order valence-corrected chi connectivity index (χ3v) is 0.956. The molecule has 0 aliphatic heterocycles. The molecule has 0 aliphatic carbocycles. The Bertz CT molecular complexity index is 204. The van der Waals surface area contributed by atoms with Crippen molar-refractivity contribution < 1.29 is 27.5 Å². The van der Waals surface area contributed by atoms with Crippen molar-refractivity contribution in [3.05, 3.63) is 0 Å². The zero-order chi connectivity index (χ0) is 12.5. The summed E-state index contributed by atoms with van der Waals surface area (Å²) in [5.74, 6) is -3.05. The van der Waals surface area contributed by atoms with E-state index in [0.29, 0.717) is 0 Å². The molecule has 0 radical (unpaired) electrons. The van der Waals surface area contributed by atoms with Crippen LogP contribution in [0.25, 0.3) is 0 Å². The maximum atomic E-state index is 11.5. The lowest BCUT2D eigenvalue weighted by Gasteiger charge is -2.06. The number of hydrogen-bond acceptors (Lipinski definition) is 3. The van der Waals surface area contributed by atoms with Crippen LogP contribution in [-0.4, -0.2) is 31.2 Å². The minimum atomic E-state index is -4.97. The first-order chi connectivity index (χ1) is 6.88. The van der Waals surface area contributed by atoms with Crippen LogP contribution in [0.2, 0.25) is 0 Å². The van der Waals surface area contributed by atoms with Gasteiger partial charge in [0, 0.05) is 0 Å². The molecule has 0 saturated heterocycles. The van der Waals surface area contributed by atoms with Crippen molar-refractivity contribution in [1.29, 1.82) is 0 Å². The molecule has 0 heterocycles. The van der Waals surface area contributed by atoms with Gasteiger partial charge in [-0.05, 0) is 6.92 Å². The SMILES string of the molecule is CC.CCOC(=O)CNC(=O)C(F)(F)F. The van der Waals surface area contributed by atoms with E-state index in [0.717, 1.165) is 0 Å². The smallest absolute Gasteiger partial charge is 0.465 e. The standard InChI is InChI=1S/C6H8F3NO3.C2H6/c1-2-13-4(11)3-10-5(12)6(7,8)9;1-2/h2-3H2,1H3,(H,10,12);1-2H3. The van der Waals surface area contributed by atoms with Crippen LogP contribution in [-0.2, 0) is 14.3 Å². The molecular weight excluding hydrogens is 215 g/mol. The fourth-order valence-corrected chi connectivity index (χ4v) is 0.465. The molecule has 0 rings (SSSR count). The molecular formula is C8H14F3NO3. The van der Waals surface area contributed by atoms with E-state index in [4.69, 9.17) is 0 Å². The van der Waals surface area contributed by atoms with Crippen LogP contribution in [0.1, 0.15) is 20.8 Å². The molecule has 90 valence electrons. The van der Waals surface area contributed by atoms with E-state index in [-0.39, 0.29) is 6.61 Å². The Morgan fingerprint density at radius 2 is 1.73 bits per heavy atom. The summed E-state index contributed by atoms with van der Waals surface area (Å²) in [5.41, 5.74) is 0. The molecule has 0 bridgehead atoms. The Balaban J connectivity index is 0. The second-order valence-corrected chi connectivity index (χ2v) is 1.99. The minimum Gasteiger partial charge on any atom is -0.465 e. The van der Waals surface area contributed by atoms with Gasteiger partial charge in [0.25, 0.3) is 0 Å². The van der Waals surface area contributed by atoms with Gasteiger partial charge >= 0.3 is 18.1 Å². The van der Waals surface area contributed by atoms with E-state index in [2.05, 4.69) is 4.74 Å². The molecule has 0 saturated carbocycles. The molecule has 1 amide bonds. The van der Waals surface area contributed by atoms with Crippen LogP contribution in [0, 0.1) is 0 Å². The van der Waals surface area contributed by atoms with Gasteiger partial charge in [-0.15, -0.1) is 0 Å². The third kappa shape index (κ3) is 9.04. The van der Waals surface area contributed by atoms with Gasteiger partial charge in [0.15, 0.2) is 0 Å². The van der Waals surface area contributed by atoms with Gasteiger partial charge in [-0.25, -0.2) is 0 Å². The highest BCUT2D eigenvalue weighted by Gasteiger charge is 2.38. The maximum Gasteiger partial charge on any atom is 0.471 e. The maximum absolute atomic E-state index is 11.5. The van der Waals surface area contributed by atoms with Crippen molar-refractivity contribution in [2.45, 2.75) is 26.9 Å². The highest BCUT2D eigenvalue weighted by molar-refractivity contribution is 5.85. The Kier molecular flexibility index (Phi) is 8.70. The number of ether oxygens (including phenoxy) is 1. The van der Waals surface area contributed by atoms with Crippen molar-refractivity contribution in [3.63, 3.8) is 0 Å². The normalized spacial score (nSPS) is 9.73. The second kappa shape index (κ2) is 8.07. The van der Waals surface area contributed by atoms with Crippen LogP contribution in [0.4, 0.5) is 13.2 Å². The molecule has 0 aromatic heterocycles. The van der Waals surface area contributed by atoms with Gasteiger partial charge in [-0.1, -0.05) is 13.8 Å². The lowest BCUT2D eigenvalue weighted by atomic mass is 10.5. The highest BCUT2D eigenvalue weighted by Crippen LogP contribution is 2.13. The molecule has 0 unspecified atom stereocenters.